The number of aromatic nitrogens is 1. The second-order valence-electron chi connectivity index (χ2n) is 3.78. The van der Waals surface area contributed by atoms with Crippen LogP contribution in [0.2, 0.25) is 0 Å². The molecule has 0 spiro atoms. The van der Waals surface area contributed by atoms with Crippen LogP contribution in [0, 0.1) is 11.8 Å². The standard InChI is InChI=1S/C15H12N2O2/c1-19-14-5-3-2-4-12(14)7-6-11-8-13(15(16)18)10-17-9-11/h2-5,8-10H,1H3,(H2,16,18). The molecule has 1 heterocycles. The fourth-order valence-electron chi connectivity index (χ4n) is 1.53. The number of carbonyl (C=O) groups is 1. The third kappa shape index (κ3) is 3.11. The van der Waals surface area contributed by atoms with Crippen molar-refractivity contribution in [2.24, 2.45) is 5.73 Å². The Bertz CT molecular complexity index is 669. The van der Waals surface area contributed by atoms with Crippen molar-refractivity contribution < 1.29 is 9.53 Å². The van der Waals surface area contributed by atoms with Crippen LogP contribution in [0.4, 0.5) is 0 Å². The lowest BCUT2D eigenvalue weighted by atomic mass is 10.1. The van der Waals surface area contributed by atoms with E-state index in [9.17, 15) is 4.79 Å². The molecule has 94 valence electrons. The highest BCUT2D eigenvalue weighted by Crippen LogP contribution is 2.15. The minimum Gasteiger partial charge on any atom is -0.495 e. The Morgan fingerprint density at radius 2 is 2.05 bits per heavy atom. The van der Waals surface area contributed by atoms with Crippen LogP contribution in [-0.2, 0) is 0 Å². The maximum absolute atomic E-state index is 11.0. The van der Waals surface area contributed by atoms with Gasteiger partial charge in [-0.2, -0.15) is 0 Å². The minimum atomic E-state index is -0.520. The average Bonchev–Trinajstić information content (AvgIpc) is 2.45. The number of hydrogen-bond acceptors (Lipinski definition) is 3. The lowest BCUT2D eigenvalue weighted by molar-refractivity contribution is 0.1000. The Morgan fingerprint density at radius 3 is 2.79 bits per heavy atom. The Morgan fingerprint density at radius 1 is 1.26 bits per heavy atom. The number of carbonyl (C=O) groups excluding carboxylic acids is 1. The zero-order chi connectivity index (χ0) is 13.7. The van der Waals surface area contributed by atoms with Crippen LogP contribution in [-0.4, -0.2) is 18.0 Å². The van der Waals surface area contributed by atoms with Gasteiger partial charge in [-0.25, -0.2) is 0 Å². The molecule has 0 saturated heterocycles. The molecule has 19 heavy (non-hydrogen) atoms. The van der Waals surface area contributed by atoms with Crippen molar-refractivity contribution in [3.05, 3.63) is 59.4 Å². The first-order valence-electron chi connectivity index (χ1n) is 5.60. The van der Waals surface area contributed by atoms with Crippen molar-refractivity contribution in [3.8, 4) is 17.6 Å². The van der Waals surface area contributed by atoms with Crippen molar-refractivity contribution in [3.63, 3.8) is 0 Å². The molecule has 0 saturated carbocycles. The number of ether oxygens (including phenoxy) is 1. The molecule has 1 aromatic heterocycles. The van der Waals surface area contributed by atoms with E-state index >= 15 is 0 Å². The number of methoxy groups -OCH3 is 1. The van der Waals surface area contributed by atoms with Gasteiger partial charge in [0, 0.05) is 18.0 Å². The van der Waals surface area contributed by atoms with E-state index in [1.165, 1.54) is 6.20 Å². The summed E-state index contributed by atoms with van der Waals surface area (Å²) in [7, 11) is 1.59. The Kier molecular flexibility index (Phi) is 3.79. The lowest BCUT2D eigenvalue weighted by Crippen LogP contribution is -2.11. The summed E-state index contributed by atoms with van der Waals surface area (Å²) >= 11 is 0. The molecular weight excluding hydrogens is 240 g/mol. The van der Waals surface area contributed by atoms with Gasteiger partial charge in [0.05, 0.1) is 18.2 Å². The maximum atomic E-state index is 11.0. The van der Waals surface area contributed by atoms with Gasteiger partial charge in [-0.05, 0) is 18.2 Å². The van der Waals surface area contributed by atoms with E-state index < -0.39 is 5.91 Å². The normalized spacial score (nSPS) is 9.32. The number of primary amides is 1. The van der Waals surface area contributed by atoms with Crippen LogP contribution >= 0.6 is 0 Å². The third-order valence-electron chi connectivity index (χ3n) is 2.47. The zero-order valence-electron chi connectivity index (χ0n) is 10.4. The summed E-state index contributed by atoms with van der Waals surface area (Å²) in [5, 5.41) is 0. The number of nitrogens with two attached hydrogens (primary N) is 1. The molecule has 1 aromatic carbocycles. The highest BCUT2D eigenvalue weighted by atomic mass is 16.5. The molecule has 0 aliphatic rings. The molecule has 4 heteroatoms. The fraction of sp³-hybridized carbons (Fsp3) is 0.0667. The second kappa shape index (κ2) is 5.69. The SMILES string of the molecule is COc1ccccc1C#Cc1cncc(C(N)=O)c1. The summed E-state index contributed by atoms with van der Waals surface area (Å²) in [5.74, 6) is 6.09. The molecule has 0 aliphatic carbocycles. The second-order valence-corrected chi connectivity index (χ2v) is 3.78. The zero-order valence-corrected chi connectivity index (χ0v) is 10.4. The Labute approximate surface area is 111 Å². The molecule has 2 N–H and O–H groups in total. The van der Waals surface area contributed by atoms with Gasteiger partial charge < -0.3 is 10.5 Å². The predicted octanol–water partition coefficient (Wildman–Crippen LogP) is 1.59. The summed E-state index contributed by atoms with van der Waals surface area (Å²) in [5.41, 5.74) is 6.93. The molecule has 0 unspecified atom stereocenters. The molecule has 0 fully saturated rings. The molecule has 1 amide bonds. The smallest absolute Gasteiger partial charge is 0.250 e. The number of rotatable bonds is 2. The summed E-state index contributed by atoms with van der Waals surface area (Å²) in [6, 6.07) is 9.06. The van der Waals surface area contributed by atoms with Crippen LogP contribution in [0.5, 0.6) is 5.75 Å². The summed E-state index contributed by atoms with van der Waals surface area (Å²) < 4.78 is 5.20. The predicted molar refractivity (Wildman–Crippen MR) is 71.7 cm³/mol. The number of pyridine rings is 1. The number of hydrogen-bond donors (Lipinski definition) is 1. The topological polar surface area (TPSA) is 65.2 Å². The third-order valence-corrected chi connectivity index (χ3v) is 2.47. The lowest BCUT2D eigenvalue weighted by Gasteiger charge is -2.01. The van der Waals surface area contributed by atoms with E-state index in [2.05, 4.69) is 16.8 Å². The van der Waals surface area contributed by atoms with Gasteiger partial charge in [-0.1, -0.05) is 24.0 Å². The molecule has 2 rings (SSSR count). The quantitative estimate of drug-likeness (QED) is 0.825. The first-order chi connectivity index (χ1) is 9.20. The van der Waals surface area contributed by atoms with Crippen LogP contribution in [0.25, 0.3) is 0 Å². The van der Waals surface area contributed by atoms with Gasteiger partial charge in [-0.3, -0.25) is 9.78 Å². The highest BCUT2D eigenvalue weighted by Gasteiger charge is 2.01. The molecular formula is C15H12N2O2. The van der Waals surface area contributed by atoms with Crippen LogP contribution in [0.15, 0.2) is 42.7 Å². The summed E-state index contributed by atoms with van der Waals surface area (Å²) in [4.78, 5) is 15.0. The Hall–Kier alpha value is -2.80. The number of nitrogens with zero attached hydrogens (tertiary/aromatic N) is 1. The van der Waals surface area contributed by atoms with Crippen molar-refractivity contribution in [2.75, 3.05) is 7.11 Å². The van der Waals surface area contributed by atoms with Crippen LogP contribution in [0.3, 0.4) is 0 Å². The van der Waals surface area contributed by atoms with Crippen LogP contribution < -0.4 is 10.5 Å². The van der Waals surface area contributed by atoms with E-state index in [0.717, 1.165) is 5.56 Å². The van der Waals surface area contributed by atoms with Gasteiger partial charge >= 0.3 is 0 Å². The molecule has 0 radical (unpaired) electrons. The molecule has 0 atom stereocenters. The summed E-state index contributed by atoms with van der Waals surface area (Å²) in [6.07, 6.45) is 2.99. The summed E-state index contributed by atoms with van der Waals surface area (Å²) in [6.45, 7) is 0. The van der Waals surface area contributed by atoms with Crippen LogP contribution in [0.1, 0.15) is 21.5 Å². The van der Waals surface area contributed by atoms with E-state index in [4.69, 9.17) is 10.5 Å². The van der Waals surface area contributed by atoms with Crippen molar-refractivity contribution in [1.82, 2.24) is 4.98 Å². The van der Waals surface area contributed by atoms with Gasteiger partial charge in [0.15, 0.2) is 0 Å². The first kappa shape index (κ1) is 12.7. The number of para-hydroxylation sites is 1. The monoisotopic (exact) mass is 252 g/mol. The minimum absolute atomic E-state index is 0.340. The van der Waals surface area contributed by atoms with E-state index in [1.54, 1.807) is 19.4 Å². The Balaban J connectivity index is 2.34. The highest BCUT2D eigenvalue weighted by molar-refractivity contribution is 5.92. The number of amides is 1. The van der Waals surface area contributed by atoms with Gasteiger partial charge in [0.2, 0.25) is 5.91 Å². The first-order valence-corrected chi connectivity index (χ1v) is 5.60. The average molecular weight is 252 g/mol. The van der Waals surface area contributed by atoms with Gasteiger partial charge in [0.25, 0.3) is 0 Å². The van der Waals surface area contributed by atoms with Crippen molar-refractivity contribution in [2.45, 2.75) is 0 Å². The molecule has 4 nitrogen and oxygen atoms in total. The number of benzene rings is 1. The maximum Gasteiger partial charge on any atom is 0.250 e. The van der Waals surface area contributed by atoms with Gasteiger partial charge in [-0.15, -0.1) is 0 Å². The van der Waals surface area contributed by atoms with E-state index in [-0.39, 0.29) is 0 Å². The van der Waals surface area contributed by atoms with E-state index in [0.29, 0.717) is 16.9 Å². The molecule has 2 aromatic rings. The fourth-order valence-corrected chi connectivity index (χ4v) is 1.53. The van der Waals surface area contributed by atoms with Crippen molar-refractivity contribution >= 4 is 5.91 Å². The van der Waals surface area contributed by atoms with E-state index in [1.807, 2.05) is 24.3 Å². The largest absolute Gasteiger partial charge is 0.495 e. The molecule has 0 bridgehead atoms. The molecule has 0 aliphatic heterocycles. The van der Waals surface area contributed by atoms with Gasteiger partial charge in [0.1, 0.15) is 5.75 Å². The van der Waals surface area contributed by atoms with Crippen molar-refractivity contribution in [1.29, 1.82) is 0 Å².